The summed E-state index contributed by atoms with van der Waals surface area (Å²) in [5.74, 6) is -0.245. The lowest BCUT2D eigenvalue weighted by molar-refractivity contribution is -0.296. The molecule has 1 N–H and O–H groups in total. The van der Waals surface area contributed by atoms with Crippen LogP contribution in [0.15, 0.2) is 23.8 Å². The molecule has 6 nitrogen and oxygen atoms in total. The van der Waals surface area contributed by atoms with Crippen molar-refractivity contribution in [2.45, 2.75) is 76.4 Å². The SMILES string of the molecule is CO[C@]1([C@@H]2CSC(=O)N2)C[C@H]2C[C@@H](CC[C@H](C)/C=C\CC/C(C)=C/C(=O)O2)O1. The largest absolute Gasteiger partial charge is 0.459 e. The van der Waals surface area contributed by atoms with Gasteiger partial charge in [-0.15, -0.1) is 0 Å². The number of fused-ring (bicyclic) bond motifs is 2. The van der Waals surface area contributed by atoms with E-state index in [9.17, 15) is 9.59 Å². The fraction of sp³-hybridized carbons (Fsp3) is 0.714. The lowest BCUT2D eigenvalue weighted by Gasteiger charge is -2.46. The van der Waals surface area contributed by atoms with Crippen LogP contribution in [0, 0.1) is 5.92 Å². The van der Waals surface area contributed by atoms with Gasteiger partial charge in [-0.2, -0.15) is 0 Å². The molecular formula is C21H31NO5S. The zero-order chi connectivity index (χ0) is 20.1. The first kappa shape index (κ1) is 21.4. The number of amides is 1. The van der Waals surface area contributed by atoms with Gasteiger partial charge in [-0.05, 0) is 38.5 Å². The van der Waals surface area contributed by atoms with Gasteiger partial charge in [0, 0.05) is 31.8 Å². The quantitative estimate of drug-likeness (QED) is 0.550. The molecule has 0 saturated carbocycles. The molecule has 0 aliphatic carbocycles. The average Bonchev–Trinajstić information content (AvgIpc) is 3.09. The van der Waals surface area contributed by atoms with Crippen molar-refractivity contribution in [3.63, 3.8) is 0 Å². The molecule has 2 bridgehead atoms. The first-order valence-corrected chi connectivity index (χ1v) is 11.1. The molecule has 7 heteroatoms. The summed E-state index contributed by atoms with van der Waals surface area (Å²) >= 11 is 1.23. The Morgan fingerprint density at radius 3 is 2.82 bits per heavy atom. The van der Waals surface area contributed by atoms with Crippen molar-refractivity contribution in [3.8, 4) is 0 Å². The summed E-state index contributed by atoms with van der Waals surface area (Å²) in [7, 11) is 1.60. The molecule has 2 fully saturated rings. The lowest BCUT2D eigenvalue weighted by atomic mass is 9.90. The second kappa shape index (κ2) is 9.46. The number of esters is 1. The fourth-order valence-electron chi connectivity index (χ4n) is 4.11. The van der Waals surface area contributed by atoms with Gasteiger partial charge >= 0.3 is 5.97 Å². The standard InChI is InChI=1S/C21H31NO5S/c1-14-6-4-5-7-15(2)10-19(23)26-17-11-16(9-8-14)27-21(12-17,25-3)18-13-28-20(24)22-18/h4,6,10,14,16-18H,5,7-9,11-13H2,1-3H3,(H,22,24)/b6-4-,15-10+/t14-,16-,17-,18+,21-/m1/s1. The molecule has 3 heterocycles. The maximum atomic E-state index is 12.4. The van der Waals surface area contributed by atoms with Crippen LogP contribution in [0.4, 0.5) is 4.79 Å². The van der Waals surface area contributed by atoms with Crippen molar-refractivity contribution >= 4 is 23.0 Å². The van der Waals surface area contributed by atoms with E-state index in [2.05, 4.69) is 24.4 Å². The van der Waals surface area contributed by atoms with Crippen LogP contribution in [-0.2, 0) is 19.0 Å². The highest BCUT2D eigenvalue weighted by atomic mass is 32.2. The number of carbonyl (C=O) groups excluding carboxylic acids is 2. The summed E-state index contributed by atoms with van der Waals surface area (Å²) in [6, 6.07) is -0.257. The number of allylic oxidation sites excluding steroid dienone is 3. The highest BCUT2D eigenvalue weighted by molar-refractivity contribution is 8.14. The molecule has 0 aromatic carbocycles. The number of thioether (sulfide) groups is 1. The number of nitrogens with one attached hydrogen (secondary N) is 1. The summed E-state index contributed by atoms with van der Waals surface area (Å²) < 4.78 is 18.0. The molecule has 0 unspecified atom stereocenters. The van der Waals surface area contributed by atoms with Gasteiger partial charge in [0.1, 0.15) is 6.10 Å². The predicted octanol–water partition coefficient (Wildman–Crippen LogP) is 3.96. The second-order valence-corrected chi connectivity index (χ2v) is 9.05. The van der Waals surface area contributed by atoms with E-state index < -0.39 is 5.79 Å². The van der Waals surface area contributed by atoms with E-state index in [1.165, 1.54) is 11.8 Å². The molecule has 0 aromatic heterocycles. The van der Waals surface area contributed by atoms with Crippen LogP contribution in [0.25, 0.3) is 0 Å². The minimum Gasteiger partial charge on any atom is -0.459 e. The van der Waals surface area contributed by atoms with E-state index in [0.717, 1.165) is 31.3 Å². The zero-order valence-corrected chi connectivity index (χ0v) is 17.8. The van der Waals surface area contributed by atoms with Gasteiger partial charge in [-0.1, -0.05) is 36.4 Å². The van der Waals surface area contributed by atoms with E-state index >= 15 is 0 Å². The average molecular weight is 410 g/mol. The highest BCUT2D eigenvalue weighted by Gasteiger charge is 2.51. The summed E-state index contributed by atoms with van der Waals surface area (Å²) in [4.78, 5) is 24.2. The molecule has 3 rings (SSSR count). The topological polar surface area (TPSA) is 73.9 Å². The smallest absolute Gasteiger partial charge is 0.330 e. The Bertz CT molecular complexity index is 649. The Kier molecular flexibility index (Phi) is 7.23. The summed E-state index contributed by atoms with van der Waals surface area (Å²) in [5.41, 5.74) is 1.01. The van der Waals surface area contributed by atoms with Gasteiger partial charge in [0.2, 0.25) is 0 Å². The number of ether oxygens (including phenoxy) is 3. The maximum absolute atomic E-state index is 12.4. The number of methoxy groups -OCH3 is 1. The van der Waals surface area contributed by atoms with Gasteiger partial charge in [-0.3, -0.25) is 4.79 Å². The van der Waals surface area contributed by atoms with Crippen molar-refractivity contribution in [2.24, 2.45) is 5.92 Å². The Hall–Kier alpha value is -1.31. The van der Waals surface area contributed by atoms with Crippen LogP contribution in [0.2, 0.25) is 0 Å². The van der Waals surface area contributed by atoms with E-state index in [4.69, 9.17) is 14.2 Å². The minimum absolute atomic E-state index is 0.0693. The zero-order valence-electron chi connectivity index (χ0n) is 16.9. The number of carbonyl (C=O) groups is 2. The van der Waals surface area contributed by atoms with Crippen molar-refractivity contribution in [1.82, 2.24) is 5.32 Å². The Morgan fingerprint density at radius 1 is 1.29 bits per heavy atom. The normalized spacial score (nSPS) is 40.6. The van der Waals surface area contributed by atoms with Gasteiger partial charge in [0.05, 0.1) is 12.1 Å². The fourth-order valence-corrected chi connectivity index (χ4v) is 5.00. The van der Waals surface area contributed by atoms with Crippen LogP contribution in [0.3, 0.4) is 0 Å². The minimum atomic E-state index is -0.970. The van der Waals surface area contributed by atoms with Gasteiger partial charge in [0.15, 0.2) is 5.79 Å². The molecular weight excluding hydrogens is 378 g/mol. The van der Waals surface area contributed by atoms with Gasteiger partial charge in [-0.25, -0.2) is 4.79 Å². The molecule has 0 spiro atoms. The Labute approximate surface area is 171 Å². The molecule has 3 aliphatic rings. The van der Waals surface area contributed by atoms with Crippen molar-refractivity contribution in [2.75, 3.05) is 12.9 Å². The van der Waals surface area contributed by atoms with E-state index in [-0.39, 0.29) is 29.5 Å². The second-order valence-electron chi connectivity index (χ2n) is 8.06. The molecule has 0 aromatic rings. The molecule has 1 amide bonds. The third-order valence-electron chi connectivity index (χ3n) is 5.71. The number of rotatable bonds is 2. The van der Waals surface area contributed by atoms with E-state index in [1.54, 1.807) is 13.2 Å². The first-order valence-electron chi connectivity index (χ1n) is 10.1. The van der Waals surface area contributed by atoms with Crippen LogP contribution >= 0.6 is 11.8 Å². The van der Waals surface area contributed by atoms with E-state index in [1.807, 2.05) is 6.92 Å². The molecule has 0 radical (unpaired) electrons. The molecule has 5 atom stereocenters. The third kappa shape index (κ3) is 5.39. The van der Waals surface area contributed by atoms with Gasteiger partial charge in [0.25, 0.3) is 5.24 Å². The van der Waals surface area contributed by atoms with Crippen LogP contribution in [-0.4, -0.2) is 48.1 Å². The predicted molar refractivity (Wildman–Crippen MR) is 109 cm³/mol. The van der Waals surface area contributed by atoms with Crippen LogP contribution in [0.5, 0.6) is 0 Å². The highest BCUT2D eigenvalue weighted by Crippen LogP contribution is 2.39. The molecule has 3 aliphatic heterocycles. The van der Waals surface area contributed by atoms with Crippen molar-refractivity contribution in [3.05, 3.63) is 23.8 Å². The lowest BCUT2D eigenvalue weighted by Crippen LogP contribution is -2.59. The molecule has 156 valence electrons. The monoisotopic (exact) mass is 409 g/mol. The van der Waals surface area contributed by atoms with Crippen molar-refractivity contribution < 1.29 is 23.8 Å². The first-order chi connectivity index (χ1) is 13.4. The third-order valence-corrected chi connectivity index (χ3v) is 6.59. The Morgan fingerprint density at radius 2 is 2.11 bits per heavy atom. The van der Waals surface area contributed by atoms with Crippen molar-refractivity contribution in [1.29, 1.82) is 0 Å². The number of hydrogen-bond acceptors (Lipinski definition) is 6. The summed E-state index contributed by atoms with van der Waals surface area (Å²) in [6.07, 6.45) is 10.3. The summed E-state index contributed by atoms with van der Waals surface area (Å²) in [5, 5.41) is 2.88. The number of hydrogen-bond donors (Lipinski definition) is 1. The molecule has 2 saturated heterocycles. The van der Waals surface area contributed by atoms with Crippen LogP contribution in [0.1, 0.15) is 52.4 Å². The molecule has 28 heavy (non-hydrogen) atoms. The van der Waals surface area contributed by atoms with Gasteiger partial charge < -0.3 is 19.5 Å². The maximum Gasteiger partial charge on any atom is 0.330 e. The Balaban J connectivity index is 1.82. The van der Waals surface area contributed by atoms with E-state index in [0.29, 0.717) is 24.5 Å². The van der Waals surface area contributed by atoms with Crippen LogP contribution < -0.4 is 5.32 Å². The summed E-state index contributed by atoms with van der Waals surface area (Å²) in [6.45, 7) is 4.17.